The Balaban J connectivity index is 1.58. The molecule has 1 heterocycles. The number of sulfone groups is 1. The molecular weight excluding hydrogens is 396 g/mol. The van der Waals surface area contributed by atoms with Crippen LogP contribution in [0.5, 0.6) is 0 Å². The minimum atomic E-state index is -3.52. The minimum Gasteiger partial charge on any atom is -0.338 e. The number of nitrogens with zero attached hydrogens (tertiary/aromatic N) is 1. The summed E-state index contributed by atoms with van der Waals surface area (Å²) >= 11 is 5.95. The van der Waals surface area contributed by atoms with Crippen molar-refractivity contribution < 1.29 is 13.2 Å². The van der Waals surface area contributed by atoms with Gasteiger partial charge in [0.2, 0.25) is 0 Å². The lowest BCUT2D eigenvalue weighted by molar-refractivity contribution is 0.187. The van der Waals surface area contributed by atoms with Crippen LogP contribution in [0.2, 0.25) is 5.02 Å². The van der Waals surface area contributed by atoms with Gasteiger partial charge in [0.1, 0.15) is 0 Å². The predicted molar refractivity (Wildman–Crippen MR) is 112 cm³/mol. The number of amides is 2. The molecule has 1 atom stereocenters. The van der Waals surface area contributed by atoms with E-state index >= 15 is 0 Å². The number of halogens is 1. The maximum Gasteiger partial charge on any atom is 0.317 e. The molecule has 28 heavy (non-hydrogen) atoms. The second-order valence-electron chi connectivity index (χ2n) is 7.18. The monoisotopic (exact) mass is 420 g/mol. The summed E-state index contributed by atoms with van der Waals surface area (Å²) in [7, 11) is -3.52. The van der Waals surface area contributed by atoms with Crippen LogP contribution in [0.15, 0.2) is 53.4 Å². The van der Waals surface area contributed by atoms with E-state index < -0.39 is 15.1 Å². The lowest BCUT2D eigenvalue weighted by Gasteiger charge is -2.32. The van der Waals surface area contributed by atoms with Crippen LogP contribution in [-0.2, 0) is 16.3 Å². The summed E-state index contributed by atoms with van der Waals surface area (Å²) in [5.74, 6) is 0. The van der Waals surface area contributed by atoms with Gasteiger partial charge in [0.25, 0.3) is 0 Å². The van der Waals surface area contributed by atoms with Crippen molar-refractivity contribution in [3.63, 3.8) is 0 Å². The fourth-order valence-electron chi connectivity index (χ4n) is 3.39. The van der Waals surface area contributed by atoms with E-state index in [2.05, 4.69) is 17.4 Å². The van der Waals surface area contributed by atoms with E-state index in [1.54, 1.807) is 23.1 Å². The standard InChI is InChI=1S/C21H25ClN2O3S/c1-16-7-9-17(10-8-16)11-12-23-21(25)24-13-3-6-20(15-24)28(26,27)19-5-2-4-18(22)14-19/h2,4-5,7-10,14,20H,3,6,11-13,15H2,1H3,(H,23,25). The highest BCUT2D eigenvalue weighted by molar-refractivity contribution is 7.92. The molecule has 5 nitrogen and oxygen atoms in total. The summed E-state index contributed by atoms with van der Waals surface area (Å²) < 4.78 is 25.8. The molecule has 0 radical (unpaired) electrons. The molecule has 2 amide bonds. The van der Waals surface area contributed by atoms with Crippen LogP contribution in [0.3, 0.4) is 0 Å². The number of likely N-dealkylation sites (tertiary alicyclic amines) is 1. The van der Waals surface area contributed by atoms with Gasteiger partial charge in [-0.05, 0) is 49.9 Å². The zero-order valence-electron chi connectivity index (χ0n) is 15.9. The molecule has 7 heteroatoms. The Bertz CT molecular complexity index is 929. The summed E-state index contributed by atoms with van der Waals surface area (Å²) in [6.07, 6.45) is 1.95. The maximum atomic E-state index is 12.9. The number of hydrogen-bond donors (Lipinski definition) is 1. The first-order valence-electron chi connectivity index (χ1n) is 9.44. The van der Waals surface area contributed by atoms with Gasteiger partial charge in [0.05, 0.1) is 10.1 Å². The van der Waals surface area contributed by atoms with E-state index in [0.717, 1.165) is 12.0 Å². The molecule has 0 aromatic heterocycles. The molecule has 2 aromatic rings. The Kier molecular flexibility index (Phi) is 6.62. The summed E-state index contributed by atoms with van der Waals surface area (Å²) in [6.45, 7) is 3.32. The van der Waals surface area contributed by atoms with Crippen LogP contribution < -0.4 is 5.32 Å². The Morgan fingerprint density at radius 1 is 1.21 bits per heavy atom. The molecule has 3 rings (SSSR count). The predicted octanol–water partition coefficient (Wildman–Crippen LogP) is 3.84. The highest BCUT2D eigenvalue weighted by Crippen LogP contribution is 2.25. The largest absolute Gasteiger partial charge is 0.338 e. The second kappa shape index (κ2) is 8.97. The molecular formula is C21H25ClN2O3S. The van der Waals surface area contributed by atoms with E-state index in [0.29, 0.717) is 31.0 Å². The van der Waals surface area contributed by atoms with Crippen molar-refractivity contribution in [2.24, 2.45) is 0 Å². The fraction of sp³-hybridized carbons (Fsp3) is 0.381. The van der Waals surface area contributed by atoms with Crippen LogP contribution in [0.4, 0.5) is 4.79 Å². The first-order valence-corrected chi connectivity index (χ1v) is 11.4. The van der Waals surface area contributed by atoms with Gasteiger partial charge in [-0.25, -0.2) is 13.2 Å². The van der Waals surface area contributed by atoms with E-state index in [1.807, 2.05) is 19.1 Å². The number of hydrogen-bond acceptors (Lipinski definition) is 3. The van der Waals surface area contributed by atoms with Gasteiger partial charge >= 0.3 is 6.03 Å². The lowest BCUT2D eigenvalue weighted by atomic mass is 10.1. The zero-order valence-corrected chi connectivity index (χ0v) is 17.5. The van der Waals surface area contributed by atoms with Gasteiger partial charge in [0.15, 0.2) is 9.84 Å². The summed E-state index contributed by atoms with van der Waals surface area (Å²) in [5.41, 5.74) is 2.36. The van der Waals surface area contributed by atoms with Crippen LogP contribution in [0.25, 0.3) is 0 Å². The fourth-order valence-corrected chi connectivity index (χ4v) is 5.45. The third-order valence-electron chi connectivity index (χ3n) is 5.04. The van der Waals surface area contributed by atoms with E-state index in [1.165, 1.54) is 11.6 Å². The Labute approximate surface area is 171 Å². The molecule has 2 aromatic carbocycles. The SMILES string of the molecule is Cc1ccc(CCNC(=O)N2CCCC(S(=O)(=O)c3cccc(Cl)c3)C2)cc1. The van der Waals surface area contributed by atoms with Crippen molar-refractivity contribution in [2.75, 3.05) is 19.6 Å². The van der Waals surface area contributed by atoms with Crippen molar-refractivity contribution in [3.8, 4) is 0 Å². The van der Waals surface area contributed by atoms with E-state index in [9.17, 15) is 13.2 Å². The third-order valence-corrected chi connectivity index (χ3v) is 7.45. The first-order chi connectivity index (χ1) is 13.4. The first kappa shape index (κ1) is 20.7. The van der Waals surface area contributed by atoms with Crippen LogP contribution in [0, 0.1) is 6.92 Å². The molecule has 150 valence electrons. The summed E-state index contributed by atoms with van der Waals surface area (Å²) in [4.78, 5) is 14.3. The van der Waals surface area contributed by atoms with Gasteiger partial charge in [-0.3, -0.25) is 0 Å². The molecule has 1 fully saturated rings. The number of aryl methyl sites for hydroxylation is 1. The summed E-state index contributed by atoms with van der Waals surface area (Å²) in [5, 5.41) is 2.69. The molecule has 1 unspecified atom stereocenters. The molecule has 1 aliphatic heterocycles. The van der Waals surface area contributed by atoms with E-state index in [-0.39, 0.29) is 17.5 Å². The number of nitrogens with one attached hydrogen (secondary N) is 1. The highest BCUT2D eigenvalue weighted by atomic mass is 35.5. The number of rotatable bonds is 5. The van der Waals surface area contributed by atoms with Crippen LogP contribution in [-0.4, -0.2) is 44.2 Å². The number of urea groups is 1. The van der Waals surface area contributed by atoms with Crippen LogP contribution >= 0.6 is 11.6 Å². The van der Waals surface area contributed by atoms with Crippen molar-refractivity contribution >= 4 is 27.5 Å². The quantitative estimate of drug-likeness (QED) is 0.799. The van der Waals surface area contributed by atoms with Crippen molar-refractivity contribution in [1.29, 1.82) is 0 Å². The Morgan fingerprint density at radius 2 is 1.96 bits per heavy atom. The van der Waals surface area contributed by atoms with Crippen LogP contribution in [0.1, 0.15) is 24.0 Å². The summed E-state index contributed by atoms with van der Waals surface area (Å²) in [6, 6.07) is 14.3. The number of carbonyl (C=O) groups is 1. The smallest absolute Gasteiger partial charge is 0.317 e. The maximum absolute atomic E-state index is 12.9. The van der Waals surface area contributed by atoms with Gasteiger partial charge in [-0.2, -0.15) is 0 Å². The molecule has 1 N–H and O–H groups in total. The molecule has 0 saturated carbocycles. The molecule has 0 aliphatic carbocycles. The number of carbonyl (C=O) groups excluding carboxylic acids is 1. The number of piperidine rings is 1. The minimum absolute atomic E-state index is 0.200. The average molecular weight is 421 g/mol. The van der Waals surface area contributed by atoms with Gasteiger partial charge in [-0.15, -0.1) is 0 Å². The second-order valence-corrected chi connectivity index (χ2v) is 9.84. The Morgan fingerprint density at radius 3 is 2.68 bits per heavy atom. The Hall–Kier alpha value is -2.05. The molecule has 1 saturated heterocycles. The van der Waals surface area contributed by atoms with Crippen molar-refractivity contribution in [2.45, 2.75) is 36.3 Å². The van der Waals surface area contributed by atoms with Crippen molar-refractivity contribution in [3.05, 3.63) is 64.7 Å². The molecule has 0 spiro atoms. The normalized spacial score (nSPS) is 17.4. The van der Waals surface area contributed by atoms with Gasteiger partial charge in [-0.1, -0.05) is 47.5 Å². The van der Waals surface area contributed by atoms with Gasteiger partial charge < -0.3 is 10.2 Å². The van der Waals surface area contributed by atoms with Gasteiger partial charge in [0, 0.05) is 24.7 Å². The highest BCUT2D eigenvalue weighted by Gasteiger charge is 2.33. The molecule has 0 bridgehead atoms. The molecule has 1 aliphatic rings. The average Bonchev–Trinajstić information content (AvgIpc) is 2.69. The number of benzene rings is 2. The van der Waals surface area contributed by atoms with Crippen molar-refractivity contribution in [1.82, 2.24) is 10.2 Å². The topological polar surface area (TPSA) is 66.5 Å². The zero-order chi connectivity index (χ0) is 20.1. The third kappa shape index (κ3) is 5.06. The lowest BCUT2D eigenvalue weighted by Crippen LogP contribution is -2.49. The van der Waals surface area contributed by atoms with E-state index in [4.69, 9.17) is 11.6 Å².